The lowest BCUT2D eigenvalue weighted by Gasteiger charge is -2.19. The van der Waals surface area contributed by atoms with E-state index in [0.717, 1.165) is 23.4 Å². The molecule has 0 aliphatic heterocycles. The van der Waals surface area contributed by atoms with Crippen LogP contribution in [-0.4, -0.2) is 28.6 Å². The Kier molecular flexibility index (Phi) is 7.97. The molecule has 4 N–H and O–H groups in total. The number of carbonyl (C=O) groups excluding carboxylic acids is 3. The molecule has 0 aliphatic rings. The summed E-state index contributed by atoms with van der Waals surface area (Å²) in [6, 6.07) is 3.43. The van der Waals surface area contributed by atoms with Gasteiger partial charge in [-0.25, -0.2) is 25.4 Å². The van der Waals surface area contributed by atoms with E-state index in [1.54, 1.807) is 32.1 Å². The maximum Gasteiger partial charge on any atom is 0.426 e. The van der Waals surface area contributed by atoms with Crippen molar-refractivity contribution in [3.05, 3.63) is 33.0 Å². The van der Waals surface area contributed by atoms with Gasteiger partial charge in [0.05, 0.1) is 12.2 Å². The number of hydrazine groups is 1. The highest BCUT2D eigenvalue weighted by molar-refractivity contribution is 7.14. The molecule has 0 bridgehead atoms. The van der Waals surface area contributed by atoms with Gasteiger partial charge in [-0.05, 0) is 45.7 Å². The molecule has 0 radical (unpaired) electrons. The summed E-state index contributed by atoms with van der Waals surface area (Å²) in [6.45, 7) is 7.00. The molecule has 0 aliphatic carbocycles. The number of carbonyl (C=O) groups is 3. The van der Waals surface area contributed by atoms with E-state index >= 15 is 0 Å². The van der Waals surface area contributed by atoms with E-state index in [9.17, 15) is 14.4 Å². The Bertz CT molecular complexity index is 857. The fourth-order valence-electron chi connectivity index (χ4n) is 2.16. The molecule has 0 unspecified atom stereocenters. The molecule has 0 fully saturated rings. The predicted molar refractivity (Wildman–Crippen MR) is 113 cm³/mol. The molecule has 0 aromatic carbocycles. The molecule has 2 rings (SSSR count). The van der Waals surface area contributed by atoms with Crippen LogP contribution in [0.3, 0.4) is 0 Å². The summed E-state index contributed by atoms with van der Waals surface area (Å²) < 4.78 is 5.02. The van der Waals surface area contributed by atoms with Crippen molar-refractivity contribution in [3.8, 4) is 0 Å². The number of hydrogen-bond donors (Lipinski definition) is 4. The number of nitrogens with zero attached hydrogens (tertiary/aromatic N) is 1. The average Bonchev–Trinajstić information content (AvgIpc) is 3.23. The monoisotopic (exact) mass is 439 g/mol. The molecule has 2 aromatic heterocycles. The van der Waals surface area contributed by atoms with Crippen LogP contribution < -0.4 is 21.5 Å². The Morgan fingerprint density at radius 2 is 1.83 bits per heavy atom. The van der Waals surface area contributed by atoms with Crippen LogP contribution in [0.5, 0.6) is 0 Å². The van der Waals surface area contributed by atoms with E-state index in [1.165, 1.54) is 23.1 Å². The summed E-state index contributed by atoms with van der Waals surface area (Å²) in [6.07, 6.45) is 0.860. The third kappa shape index (κ3) is 8.92. The number of rotatable bonds is 6. The third-order valence-corrected chi connectivity index (χ3v) is 5.23. The summed E-state index contributed by atoms with van der Waals surface area (Å²) in [5.41, 5.74) is 4.71. The SMILES string of the molecule is CC(=O)Nc1nc(CCc2ccc(CNC(=O)NNC(=O)OC(C)(C)C)s2)cs1. The number of urea groups is 1. The quantitative estimate of drug-likeness (QED) is 0.515. The van der Waals surface area contributed by atoms with E-state index in [1.807, 2.05) is 17.5 Å². The van der Waals surface area contributed by atoms with E-state index in [2.05, 4.69) is 26.5 Å². The first-order valence-electron chi connectivity index (χ1n) is 8.93. The predicted octanol–water partition coefficient (Wildman–Crippen LogP) is 3.19. The van der Waals surface area contributed by atoms with Gasteiger partial charge in [0.15, 0.2) is 5.13 Å². The lowest BCUT2D eigenvalue weighted by molar-refractivity contribution is -0.114. The minimum Gasteiger partial charge on any atom is -0.443 e. The minimum absolute atomic E-state index is 0.133. The highest BCUT2D eigenvalue weighted by atomic mass is 32.1. The number of ether oxygens (including phenoxy) is 1. The van der Waals surface area contributed by atoms with Gasteiger partial charge in [0.2, 0.25) is 5.91 Å². The molecule has 158 valence electrons. The van der Waals surface area contributed by atoms with Crippen molar-refractivity contribution in [2.45, 2.75) is 52.7 Å². The van der Waals surface area contributed by atoms with Gasteiger partial charge in [0.25, 0.3) is 0 Å². The fourth-order valence-corrected chi connectivity index (χ4v) is 3.90. The molecular formula is C18H25N5O4S2. The number of aryl methyl sites for hydroxylation is 2. The maximum atomic E-state index is 11.8. The Morgan fingerprint density at radius 1 is 1.10 bits per heavy atom. The zero-order chi connectivity index (χ0) is 21.4. The molecular weight excluding hydrogens is 414 g/mol. The molecule has 0 saturated carbocycles. The molecule has 0 atom stereocenters. The van der Waals surface area contributed by atoms with Crippen molar-refractivity contribution >= 4 is 45.8 Å². The lowest BCUT2D eigenvalue weighted by Crippen LogP contribution is -2.48. The number of aromatic nitrogens is 1. The third-order valence-electron chi connectivity index (χ3n) is 3.28. The molecule has 0 saturated heterocycles. The van der Waals surface area contributed by atoms with E-state index in [-0.39, 0.29) is 5.91 Å². The Hall–Kier alpha value is -2.66. The van der Waals surface area contributed by atoms with Gasteiger partial charge >= 0.3 is 12.1 Å². The van der Waals surface area contributed by atoms with Gasteiger partial charge in [-0.1, -0.05) is 0 Å². The van der Waals surface area contributed by atoms with Gasteiger partial charge in [0, 0.05) is 22.1 Å². The van der Waals surface area contributed by atoms with E-state index < -0.39 is 17.7 Å². The largest absolute Gasteiger partial charge is 0.443 e. The van der Waals surface area contributed by atoms with Gasteiger partial charge in [-0.2, -0.15) is 0 Å². The van der Waals surface area contributed by atoms with Gasteiger partial charge in [-0.15, -0.1) is 22.7 Å². The number of nitrogens with one attached hydrogen (secondary N) is 4. The van der Waals surface area contributed by atoms with E-state index in [4.69, 9.17) is 4.74 Å². The lowest BCUT2D eigenvalue weighted by atomic mass is 10.2. The smallest absolute Gasteiger partial charge is 0.426 e. The second-order valence-electron chi connectivity index (χ2n) is 7.13. The van der Waals surface area contributed by atoms with Crippen LogP contribution in [0.25, 0.3) is 0 Å². The van der Waals surface area contributed by atoms with E-state index in [0.29, 0.717) is 11.7 Å². The zero-order valence-electron chi connectivity index (χ0n) is 16.8. The first-order valence-corrected chi connectivity index (χ1v) is 10.6. The molecule has 9 nitrogen and oxygen atoms in total. The number of hydrogen-bond acceptors (Lipinski definition) is 7. The highest BCUT2D eigenvalue weighted by Gasteiger charge is 2.16. The Morgan fingerprint density at radius 3 is 2.52 bits per heavy atom. The molecule has 2 heterocycles. The number of thiophene rings is 1. The molecule has 0 spiro atoms. The fraction of sp³-hybridized carbons (Fsp3) is 0.444. The molecule has 29 heavy (non-hydrogen) atoms. The van der Waals surface area contributed by atoms with Crippen LogP contribution in [0.2, 0.25) is 0 Å². The summed E-state index contributed by atoms with van der Waals surface area (Å²) >= 11 is 3.00. The molecule has 4 amide bonds. The topological polar surface area (TPSA) is 121 Å². The normalized spacial score (nSPS) is 10.9. The number of anilines is 1. The zero-order valence-corrected chi connectivity index (χ0v) is 18.4. The number of amides is 4. The van der Waals surface area contributed by atoms with Crippen molar-refractivity contribution in [3.63, 3.8) is 0 Å². The number of thiazole rings is 1. The Balaban J connectivity index is 1.70. The minimum atomic E-state index is -0.727. The van der Waals surface area contributed by atoms with Crippen molar-refractivity contribution in [2.75, 3.05) is 5.32 Å². The van der Waals surface area contributed by atoms with Crippen LogP contribution in [-0.2, 0) is 28.9 Å². The highest BCUT2D eigenvalue weighted by Crippen LogP contribution is 2.20. The first kappa shape index (κ1) is 22.6. The van der Waals surface area contributed by atoms with Crippen molar-refractivity contribution in [1.29, 1.82) is 0 Å². The van der Waals surface area contributed by atoms with Crippen LogP contribution in [0.1, 0.15) is 43.1 Å². The van der Waals surface area contributed by atoms with Gasteiger partial charge in [0.1, 0.15) is 5.60 Å². The second-order valence-corrected chi connectivity index (χ2v) is 9.24. The van der Waals surface area contributed by atoms with Gasteiger partial charge in [-0.3, -0.25) is 4.79 Å². The first-order chi connectivity index (χ1) is 13.6. The van der Waals surface area contributed by atoms with Crippen LogP contribution in [0.4, 0.5) is 14.7 Å². The summed E-state index contributed by atoms with van der Waals surface area (Å²) in [7, 11) is 0. The van der Waals surface area contributed by atoms with Crippen molar-refractivity contribution < 1.29 is 19.1 Å². The Labute approximate surface area is 177 Å². The molecule has 11 heteroatoms. The average molecular weight is 440 g/mol. The van der Waals surface area contributed by atoms with Crippen LogP contribution in [0.15, 0.2) is 17.5 Å². The second kappa shape index (κ2) is 10.2. The van der Waals surface area contributed by atoms with Crippen molar-refractivity contribution in [2.24, 2.45) is 0 Å². The summed E-state index contributed by atoms with van der Waals surface area (Å²) in [5.74, 6) is -0.133. The maximum absolute atomic E-state index is 11.8. The van der Waals surface area contributed by atoms with Crippen molar-refractivity contribution in [1.82, 2.24) is 21.2 Å². The van der Waals surface area contributed by atoms with Gasteiger partial charge < -0.3 is 15.4 Å². The van der Waals surface area contributed by atoms with Crippen LogP contribution >= 0.6 is 22.7 Å². The molecule has 2 aromatic rings. The standard InChI is InChI=1S/C18H25N5O4S2/c1-11(24)20-16-21-12(10-28-16)5-6-13-7-8-14(29-13)9-19-15(25)22-23-17(26)27-18(2,3)4/h7-8,10H,5-6,9H2,1-4H3,(H,23,26)(H2,19,22,25)(H,20,21,24). The van der Waals surface area contributed by atoms with Crippen LogP contribution in [0, 0.1) is 0 Å². The summed E-state index contributed by atoms with van der Waals surface area (Å²) in [5, 5.41) is 7.88. The summed E-state index contributed by atoms with van der Waals surface area (Å²) in [4.78, 5) is 40.8.